The van der Waals surface area contributed by atoms with Crippen LogP contribution in [0.5, 0.6) is 0 Å². The van der Waals surface area contributed by atoms with Crippen LogP contribution in [0.25, 0.3) is 0 Å². The lowest BCUT2D eigenvalue weighted by Crippen LogP contribution is -2.48. The number of nitrogens with one attached hydrogen (secondary N) is 2. The van der Waals surface area contributed by atoms with Gasteiger partial charge in [-0.1, -0.05) is 30.7 Å². The zero-order valence-corrected chi connectivity index (χ0v) is 10.4. The molecule has 0 amide bonds. The molecule has 0 saturated heterocycles. The molecule has 0 saturated carbocycles. The van der Waals surface area contributed by atoms with Crippen LogP contribution in [0, 0.1) is 0 Å². The van der Waals surface area contributed by atoms with Gasteiger partial charge in [-0.2, -0.15) is 0 Å². The Labute approximate surface area is 93.8 Å². The summed E-state index contributed by atoms with van der Waals surface area (Å²) in [6, 6.07) is 0.573. The molecule has 0 aromatic rings. The van der Waals surface area contributed by atoms with Crippen molar-refractivity contribution in [2.75, 3.05) is 6.54 Å². The van der Waals surface area contributed by atoms with Crippen LogP contribution in [-0.4, -0.2) is 18.6 Å². The second-order valence-electron chi connectivity index (χ2n) is 3.93. The van der Waals surface area contributed by atoms with Gasteiger partial charge in [0.1, 0.15) is 0 Å². The molecule has 0 aliphatic carbocycles. The fourth-order valence-corrected chi connectivity index (χ4v) is 1.25. The predicted molar refractivity (Wildman–Crippen MR) is 67.4 cm³/mol. The van der Waals surface area contributed by atoms with Crippen molar-refractivity contribution in [3.8, 4) is 0 Å². The van der Waals surface area contributed by atoms with E-state index in [0.717, 1.165) is 6.42 Å². The number of allylic oxidation sites excluding steroid dienone is 2. The van der Waals surface area contributed by atoms with Crippen LogP contribution in [0.3, 0.4) is 0 Å². The number of hydrazine groups is 1. The highest BCUT2D eigenvalue weighted by Crippen LogP contribution is 1.96. The van der Waals surface area contributed by atoms with E-state index in [2.05, 4.69) is 43.8 Å². The Kier molecular flexibility index (Phi) is 8.28. The lowest BCUT2D eigenvalue weighted by molar-refractivity contribution is 0.417. The Morgan fingerprint density at radius 1 is 1.33 bits per heavy atom. The van der Waals surface area contributed by atoms with E-state index < -0.39 is 0 Å². The van der Waals surface area contributed by atoms with Crippen molar-refractivity contribution in [1.29, 1.82) is 0 Å². The lowest BCUT2D eigenvalue weighted by Gasteiger charge is -2.19. The Bertz CT molecular complexity index is 201. The number of nitrogens with two attached hydrogens (primary N) is 1. The molecule has 0 bridgehead atoms. The van der Waals surface area contributed by atoms with Crippen LogP contribution in [-0.2, 0) is 0 Å². The van der Waals surface area contributed by atoms with Crippen molar-refractivity contribution < 1.29 is 0 Å². The first-order chi connectivity index (χ1) is 7.13. The number of hydrogen-bond acceptors (Lipinski definition) is 3. The van der Waals surface area contributed by atoms with Crippen molar-refractivity contribution >= 4 is 0 Å². The Morgan fingerprint density at radius 2 is 2.00 bits per heavy atom. The van der Waals surface area contributed by atoms with Crippen molar-refractivity contribution in [2.24, 2.45) is 5.73 Å². The smallest absolute Gasteiger partial charge is 0.0576 e. The minimum atomic E-state index is 0.237. The summed E-state index contributed by atoms with van der Waals surface area (Å²) in [5.41, 5.74) is 13.4. The maximum atomic E-state index is 5.61. The summed E-state index contributed by atoms with van der Waals surface area (Å²) in [7, 11) is 0. The average Bonchev–Trinajstić information content (AvgIpc) is 2.18. The van der Waals surface area contributed by atoms with Gasteiger partial charge < -0.3 is 5.73 Å². The quantitative estimate of drug-likeness (QED) is 0.444. The highest BCUT2D eigenvalue weighted by molar-refractivity contribution is 5.09. The fourth-order valence-electron chi connectivity index (χ4n) is 1.25. The van der Waals surface area contributed by atoms with E-state index in [9.17, 15) is 0 Å². The maximum absolute atomic E-state index is 5.61. The van der Waals surface area contributed by atoms with Gasteiger partial charge in [-0.3, -0.25) is 5.43 Å². The predicted octanol–water partition coefficient (Wildman–Crippen LogP) is 1.73. The van der Waals surface area contributed by atoms with E-state index >= 15 is 0 Å². The van der Waals surface area contributed by atoms with Crippen LogP contribution in [0.4, 0.5) is 0 Å². The molecule has 15 heavy (non-hydrogen) atoms. The summed E-state index contributed by atoms with van der Waals surface area (Å²) < 4.78 is 0. The fraction of sp³-hybridized carbons (Fsp3) is 0.667. The third-order valence-corrected chi connectivity index (χ3v) is 2.14. The SMILES string of the molecule is CC=CC(C=C(C)C)NNC(CC)CN. The van der Waals surface area contributed by atoms with Crippen LogP contribution >= 0.6 is 0 Å². The molecule has 0 fully saturated rings. The van der Waals surface area contributed by atoms with Crippen molar-refractivity contribution in [3.63, 3.8) is 0 Å². The normalized spacial score (nSPS) is 15.3. The molecular weight excluding hydrogens is 186 g/mol. The highest BCUT2D eigenvalue weighted by Gasteiger charge is 2.04. The first-order valence-electron chi connectivity index (χ1n) is 5.63. The Balaban J connectivity index is 4.12. The largest absolute Gasteiger partial charge is 0.329 e. The standard InChI is InChI=1S/C12H25N3/c1-5-7-12(8-10(3)4)15-14-11(6-2)9-13/h5,7-8,11-12,14-15H,6,9,13H2,1-4H3. The molecule has 2 unspecified atom stereocenters. The van der Waals surface area contributed by atoms with Crippen LogP contribution < -0.4 is 16.6 Å². The molecule has 0 rings (SSSR count). The maximum Gasteiger partial charge on any atom is 0.0576 e. The van der Waals surface area contributed by atoms with Crippen molar-refractivity contribution in [3.05, 3.63) is 23.8 Å². The summed E-state index contributed by atoms with van der Waals surface area (Å²) in [5.74, 6) is 0. The van der Waals surface area contributed by atoms with Gasteiger partial charge >= 0.3 is 0 Å². The first kappa shape index (κ1) is 14.4. The molecule has 0 aliphatic heterocycles. The molecule has 0 radical (unpaired) electrons. The minimum Gasteiger partial charge on any atom is -0.329 e. The molecule has 88 valence electrons. The second-order valence-corrected chi connectivity index (χ2v) is 3.93. The topological polar surface area (TPSA) is 50.1 Å². The molecule has 4 N–H and O–H groups in total. The molecule has 0 aromatic heterocycles. The molecular formula is C12H25N3. The third-order valence-electron chi connectivity index (χ3n) is 2.14. The molecule has 0 spiro atoms. The van der Waals surface area contributed by atoms with Crippen LogP contribution in [0.15, 0.2) is 23.8 Å². The molecule has 0 heterocycles. The highest BCUT2D eigenvalue weighted by atomic mass is 15.4. The second kappa shape index (κ2) is 8.65. The molecule has 0 aliphatic rings. The van der Waals surface area contributed by atoms with E-state index in [-0.39, 0.29) is 6.04 Å². The van der Waals surface area contributed by atoms with Gasteiger partial charge in [0, 0.05) is 12.6 Å². The zero-order chi connectivity index (χ0) is 11.7. The van der Waals surface area contributed by atoms with E-state index in [1.165, 1.54) is 5.57 Å². The van der Waals surface area contributed by atoms with E-state index in [0.29, 0.717) is 12.6 Å². The van der Waals surface area contributed by atoms with Gasteiger partial charge in [0.15, 0.2) is 0 Å². The van der Waals surface area contributed by atoms with Gasteiger partial charge in [0.25, 0.3) is 0 Å². The van der Waals surface area contributed by atoms with E-state index in [1.807, 2.05) is 13.0 Å². The Morgan fingerprint density at radius 3 is 2.40 bits per heavy atom. The van der Waals surface area contributed by atoms with Crippen molar-refractivity contribution in [1.82, 2.24) is 10.9 Å². The van der Waals surface area contributed by atoms with Crippen molar-refractivity contribution in [2.45, 2.75) is 46.2 Å². The van der Waals surface area contributed by atoms with Gasteiger partial charge in [-0.05, 0) is 27.2 Å². The lowest BCUT2D eigenvalue weighted by atomic mass is 10.2. The number of rotatable bonds is 7. The summed E-state index contributed by atoms with van der Waals surface area (Å²) in [4.78, 5) is 0. The average molecular weight is 211 g/mol. The number of hydrogen-bond donors (Lipinski definition) is 3. The Hall–Kier alpha value is -0.640. The summed E-state index contributed by atoms with van der Waals surface area (Å²) in [6.45, 7) is 8.99. The minimum absolute atomic E-state index is 0.237. The molecule has 2 atom stereocenters. The third kappa shape index (κ3) is 7.31. The van der Waals surface area contributed by atoms with E-state index in [4.69, 9.17) is 5.73 Å². The van der Waals surface area contributed by atoms with Gasteiger partial charge in [0.2, 0.25) is 0 Å². The first-order valence-corrected chi connectivity index (χ1v) is 5.63. The summed E-state index contributed by atoms with van der Waals surface area (Å²) in [6.07, 6.45) is 7.36. The molecule has 3 nitrogen and oxygen atoms in total. The van der Waals surface area contributed by atoms with E-state index in [1.54, 1.807) is 0 Å². The van der Waals surface area contributed by atoms with Gasteiger partial charge in [0.05, 0.1) is 6.04 Å². The van der Waals surface area contributed by atoms with Gasteiger partial charge in [-0.25, -0.2) is 5.43 Å². The molecule has 3 heteroatoms. The molecule has 0 aromatic carbocycles. The van der Waals surface area contributed by atoms with Crippen LogP contribution in [0.2, 0.25) is 0 Å². The summed E-state index contributed by atoms with van der Waals surface area (Å²) in [5, 5.41) is 0. The van der Waals surface area contributed by atoms with Crippen LogP contribution in [0.1, 0.15) is 34.1 Å². The summed E-state index contributed by atoms with van der Waals surface area (Å²) >= 11 is 0. The monoisotopic (exact) mass is 211 g/mol. The zero-order valence-electron chi connectivity index (χ0n) is 10.4. The van der Waals surface area contributed by atoms with Gasteiger partial charge in [-0.15, -0.1) is 0 Å².